The Kier molecular flexibility index (Phi) is 4.20. The van der Waals surface area contributed by atoms with E-state index < -0.39 is 5.82 Å². The van der Waals surface area contributed by atoms with Crippen molar-refractivity contribution in [2.75, 3.05) is 31.1 Å². The minimum atomic E-state index is -0.413. The second-order valence-electron chi connectivity index (χ2n) is 4.16. The summed E-state index contributed by atoms with van der Waals surface area (Å²) in [6, 6.07) is 5.02. The first-order valence-electron chi connectivity index (χ1n) is 5.75. The van der Waals surface area contributed by atoms with Crippen LogP contribution < -0.4 is 10.2 Å². The molecule has 0 saturated carbocycles. The molecule has 2 N–H and O–H groups in total. The van der Waals surface area contributed by atoms with E-state index in [4.69, 9.17) is 16.7 Å². The summed E-state index contributed by atoms with van der Waals surface area (Å²) in [5.74, 6) is -0.413. The first-order chi connectivity index (χ1) is 8.22. The summed E-state index contributed by atoms with van der Waals surface area (Å²) in [6.07, 6.45) is 1.02. The van der Waals surface area contributed by atoms with Crippen molar-refractivity contribution in [2.45, 2.75) is 12.5 Å². The molecule has 17 heavy (non-hydrogen) atoms. The van der Waals surface area contributed by atoms with Gasteiger partial charge in [-0.1, -0.05) is 11.6 Å². The minimum Gasteiger partial charge on any atom is -0.395 e. The fourth-order valence-corrected chi connectivity index (χ4v) is 2.37. The molecule has 0 unspecified atom stereocenters. The predicted molar refractivity (Wildman–Crippen MR) is 67.1 cm³/mol. The first kappa shape index (κ1) is 12.6. The smallest absolute Gasteiger partial charge is 0.141 e. The summed E-state index contributed by atoms with van der Waals surface area (Å²) in [5, 5.41) is 12.5. The van der Waals surface area contributed by atoms with Gasteiger partial charge in [0, 0.05) is 24.8 Å². The maximum absolute atomic E-state index is 13.1. The molecule has 1 aliphatic heterocycles. The van der Waals surface area contributed by atoms with Crippen molar-refractivity contribution in [3.05, 3.63) is 29.0 Å². The molecular weight excluding hydrogens is 243 g/mol. The lowest BCUT2D eigenvalue weighted by atomic mass is 10.2. The Hall–Kier alpha value is -0.840. The van der Waals surface area contributed by atoms with E-state index in [-0.39, 0.29) is 11.6 Å². The summed E-state index contributed by atoms with van der Waals surface area (Å²) in [7, 11) is 0. The second-order valence-corrected chi connectivity index (χ2v) is 4.57. The molecule has 1 atom stereocenters. The largest absolute Gasteiger partial charge is 0.395 e. The van der Waals surface area contributed by atoms with Gasteiger partial charge in [0.2, 0.25) is 0 Å². The van der Waals surface area contributed by atoms with E-state index in [9.17, 15) is 4.39 Å². The standard InChI is InChI=1S/C12H16ClFN2O/c13-11-7-9(1-2-12(11)14)16(5-6-17)10-3-4-15-8-10/h1-2,7,10,15,17H,3-6,8H2/t10-/m0/s1. The van der Waals surface area contributed by atoms with Crippen LogP contribution in [0.5, 0.6) is 0 Å². The van der Waals surface area contributed by atoms with Gasteiger partial charge in [-0.2, -0.15) is 0 Å². The van der Waals surface area contributed by atoms with Crippen molar-refractivity contribution in [2.24, 2.45) is 0 Å². The molecular formula is C12H16ClFN2O. The van der Waals surface area contributed by atoms with Crippen LogP contribution in [0.1, 0.15) is 6.42 Å². The highest BCUT2D eigenvalue weighted by molar-refractivity contribution is 6.31. The summed E-state index contributed by atoms with van der Waals surface area (Å²) in [4.78, 5) is 2.07. The van der Waals surface area contributed by atoms with Crippen molar-refractivity contribution in [1.82, 2.24) is 5.32 Å². The molecule has 3 nitrogen and oxygen atoms in total. The van der Waals surface area contributed by atoms with E-state index >= 15 is 0 Å². The molecule has 0 bridgehead atoms. The highest BCUT2D eigenvalue weighted by Gasteiger charge is 2.22. The fraction of sp³-hybridized carbons (Fsp3) is 0.500. The Bertz CT molecular complexity index is 383. The molecule has 2 rings (SSSR count). The van der Waals surface area contributed by atoms with Crippen molar-refractivity contribution in [3.63, 3.8) is 0 Å². The number of hydrogen-bond acceptors (Lipinski definition) is 3. The first-order valence-corrected chi connectivity index (χ1v) is 6.13. The molecule has 0 spiro atoms. The molecule has 1 aromatic carbocycles. The lowest BCUT2D eigenvalue weighted by molar-refractivity contribution is 0.298. The molecule has 0 aromatic heterocycles. The Morgan fingerprint density at radius 3 is 2.94 bits per heavy atom. The zero-order chi connectivity index (χ0) is 12.3. The third-order valence-electron chi connectivity index (χ3n) is 3.05. The number of rotatable bonds is 4. The average molecular weight is 259 g/mol. The third-order valence-corrected chi connectivity index (χ3v) is 3.34. The minimum absolute atomic E-state index is 0.0749. The molecule has 1 aliphatic rings. The van der Waals surface area contributed by atoms with Crippen LogP contribution >= 0.6 is 11.6 Å². The molecule has 0 radical (unpaired) electrons. The Morgan fingerprint density at radius 2 is 2.35 bits per heavy atom. The Morgan fingerprint density at radius 1 is 1.53 bits per heavy atom. The van der Waals surface area contributed by atoms with Crippen LogP contribution in [0.25, 0.3) is 0 Å². The van der Waals surface area contributed by atoms with Gasteiger partial charge in [-0.05, 0) is 31.2 Å². The van der Waals surface area contributed by atoms with Gasteiger partial charge in [-0.25, -0.2) is 4.39 Å². The van der Waals surface area contributed by atoms with Crippen LogP contribution in [0.4, 0.5) is 10.1 Å². The number of anilines is 1. The van der Waals surface area contributed by atoms with Gasteiger partial charge in [-0.15, -0.1) is 0 Å². The van der Waals surface area contributed by atoms with Crippen LogP contribution in [0.3, 0.4) is 0 Å². The van der Waals surface area contributed by atoms with Crippen LogP contribution in [-0.4, -0.2) is 37.4 Å². The zero-order valence-corrected chi connectivity index (χ0v) is 10.3. The summed E-state index contributed by atoms with van der Waals surface area (Å²) >= 11 is 5.78. The number of aliphatic hydroxyl groups excluding tert-OH is 1. The fourth-order valence-electron chi connectivity index (χ4n) is 2.20. The predicted octanol–water partition coefficient (Wildman–Crippen LogP) is 1.64. The van der Waals surface area contributed by atoms with Gasteiger partial charge < -0.3 is 15.3 Å². The zero-order valence-electron chi connectivity index (χ0n) is 9.50. The number of halogens is 2. The lowest BCUT2D eigenvalue weighted by Crippen LogP contribution is -2.38. The molecule has 1 fully saturated rings. The van der Waals surface area contributed by atoms with E-state index in [1.807, 2.05) is 0 Å². The van der Waals surface area contributed by atoms with E-state index in [1.165, 1.54) is 6.07 Å². The second kappa shape index (κ2) is 5.67. The number of benzene rings is 1. The highest BCUT2D eigenvalue weighted by Crippen LogP contribution is 2.25. The maximum atomic E-state index is 13.1. The van der Waals surface area contributed by atoms with Gasteiger partial charge in [0.1, 0.15) is 5.82 Å². The van der Waals surface area contributed by atoms with Crippen LogP contribution in [-0.2, 0) is 0 Å². The molecule has 1 heterocycles. The number of nitrogens with one attached hydrogen (secondary N) is 1. The number of aliphatic hydroxyl groups is 1. The molecule has 5 heteroatoms. The normalized spacial score (nSPS) is 19.6. The molecule has 94 valence electrons. The summed E-state index contributed by atoms with van der Waals surface area (Å²) in [6.45, 7) is 2.47. The highest BCUT2D eigenvalue weighted by atomic mass is 35.5. The molecule has 0 amide bonds. The molecule has 0 aliphatic carbocycles. The lowest BCUT2D eigenvalue weighted by Gasteiger charge is -2.30. The van der Waals surface area contributed by atoms with Crippen molar-refractivity contribution in [1.29, 1.82) is 0 Å². The molecule has 1 aromatic rings. The van der Waals surface area contributed by atoms with E-state index in [2.05, 4.69) is 10.2 Å². The van der Waals surface area contributed by atoms with Gasteiger partial charge in [0.25, 0.3) is 0 Å². The Balaban J connectivity index is 2.21. The Labute approximate surface area is 105 Å². The summed E-state index contributed by atoms with van der Waals surface area (Å²) < 4.78 is 13.1. The van der Waals surface area contributed by atoms with Crippen molar-refractivity contribution >= 4 is 17.3 Å². The number of hydrogen-bond donors (Lipinski definition) is 2. The quantitative estimate of drug-likeness (QED) is 0.862. The van der Waals surface area contributed by atoms with Crippen LogP contribution in [0.15, 0.2) is 18.2 Å². The van der Waals surface area contributed by atoms with E-state index in [0.717, 1.165) is 25.2 Å². The van der Waals surface area contributed by atoms with E-state index in [0.29, 0.717) is 12.6 Å². The van der Waals surface area contributed by atoms with Gasteiger partial charge in [0.15, 0.2) is 0 Å². The molecule has 1 saturated heterocycles. The van der Waals surface area contributed by atoms with Gasteiger partial charge in [0.05, 0.1) is 11.6 Å². The number of nitrogens with zero attached hydrogens (tertiary/aromatic N) is 1. The van der Waals surface area contributed by atoms with Crippen molar-refractivity contribution in [3.8, 4) is 0 Å². The summed E-state index contributed by atoms with van der Waals surface area (Å²) in [5.41, 5.74) is 0.860. The van der Waals surface area contributed by atoms with Crippen molar-refractivity contribution < 1.29 is 9.50 Å². The maximum Gasteiger partial charge on any atom is 0.141 e. The third kappa shape index (κ3) is 2.89. The SMILES string of the molecule is OCCN(c1ccc(F)c(Cl)c1)[C@H]1CCNC1. The van der Waals surface area contributed by atoms with E-state index in [1.54, 1.807) is 12.1 Å². The average Bonchev–Trinajstić information content (AvgIpc) is 2.83. The van der Waals surface area contributed by atoms with Crippen LogP contribution in [0.2, 0.25) is 5.02 Å². The van der Waals surface area contributed by atoms with Crippen LogP contribution in [0, 0.1) is 5.82 Å². The topological polar surface area (TPSA) is 35.5 Å². The van der Waals surface area contributed by atoms with Gasteiger partial charge in [-0.3, -0.25) is 0 Å². The van der Waals surface area contributed by atoms with Gasteiger partial charge >= 0.3 is 0 Å². The monoisotopic (exact) mass is 258 g/mol.